The van der Waals surface area contributed by atoms with Gasteiger partial charge in [-0.2, -0.15) is 10.2 Å². The molecular formula is C24H32FN5. The molecule has 2 heterocycles. The maximum atomic E-state index is 13.4. The van der Waals surface area contributed by atoms with E-state index in [1.807, 2.05) is 19.9 Å². The summed E-state index contributed by atoms with van der Waals surface area (Å²) in [6, 6.07) is 5.12. The number of rotatable bonds is 3. The van der Waals surface area contributed by atoms with Gasteiger partial charge in [-0.05, 0) is 55.5 Å². The molecule has 2 N–H and O–H groups in total. The molecule has 0 aliphatic heterocycles. The second-order valence-corrected chi connectivity index (χ2v) is 7.38. The van der Waals surface area contributed by atoms with E-state index in [-0.39, 0.29) is 5.82 Å². The lowest BCUT2D eigenvalue weighted by Crippen LogP contribution is -2.25. The number of benzene rings is 1. The maximum Gasteiger partial charge on any atom is 0.137 e. The van der Waals surface area contributed by atoms with Crippen LogP contribution in [0.3, 0.4) is 0 Å². The molecule has 0 unspecified atom stereocenters. The van der Waals surface area contributed by atoms with E-state index < -0.39 is 0 Å². The van der Waals surface area contributed by atoms with Crippen LogP contribution in [0, 0.1) is 18.7 Å². The monoisotopic (exact) mass is 409 g/mol. The molecule has 4 rings (SSSR count). The van der Waals surface area contributed by atoms with Crippen LogP contribution in [-0.4, -0.2) is 25.4 Å². The number of allylic oxidation sites excluding steroid dienone is 2. The van der Waals surface area contributed by atoms with E-state index in [9.17, 15) is 4.39 Å². The zero-order valence-electron chi connectivity index (χ0n) is 18.8. The second-order valence-electron chi connectivity index (χ2n) is 7.38. The van der Waals surface area contributed by atoms with Gasteiger partial charge in [-0.3, -0.25) is 10.2 Å². The Kier molecular flexibility index (Phi) is 8.71. The third-order valence-electron chi connectivity index (χ3n) is 4.51. The number of aromatic nitrogens is 5. The van der Waals surface area contributed by atoms with Crippen LogP contribution in [0.2, 0.25) is 0 Å². The molecule has 30 heavy (non-hydrogen) atoms. The fourth-order valence-electron chi connectivity index (χ4n) is 3.13. The summed E-state index contributed by atoms with van der Waals surface area (Å²) in [5, 5.41) is 16.2. The first kappa shape index (κ1) is 23.3. The van der Waals surface area contributed by atoms with Gasteiger partial charge in [0.05, 0.1) is 5.35 Å². The molecule has 6 heteroatoms. The number of aromatic amines is 2. The maximum absolute atomic E-state index is 13.4. The summed E-state index contributed by atoms with van der Waals surface area (Å²) in [6.45, 7) is 12.2. The summed E-state index contributed by atoms with van der Waals surface area (Å²) >= 11 is 0. The van der Waals surface area contributed by atoms with Gasteiger partial charge >= 0.3 is 0 Å². The van der Waals surface area contributed by atoms with E-state index in [0.717, 1.165) is 40.5 Å². The van der Waals surface area contributed by atoms with Crippen molar-refractivity contribution in [3.8, 4) is 11.3 Å². The quantitative estimate of drug-likeness (QED) is 0.671. The summed E-state index contributed by atoms with van der Waals surface area (Å²) in [4.78, 5) is 3.99. The van der Waals surface area contributed by atoms with Crippen LogP contribution in [0.15, 0.2) is 36.7 Å². The highest BCUT2D eigenvalue weighted by molar-refractivity contribution is 5.68. The molecule has 0 saturated carbocycles. The molecule has 0 amide bonds. The Morgan fingerprint density at radius 3 is 2.53 bits per heavy atom. The smallest absolute Gasteiger partial charge is 0.137 e. The molecule has 0 bridgehead atoms. The number of nitrogens with one attached hydrogen (secondary N) is 2. The van der Waals surface area contributed by atoms with Gasteiger partial charge in [-0.1, -0.05) is 45.9 Å². The standard InChI is InChI=1S/C16H15FN2.C6H11N3.C2H6/c1-10-5-3-4-6-14-15(10)16(19-18-14)12-7-8-13(17)11(2)9-12;1-5(2)3-6-7-4-8-9-6;1-2/h3,5-9,18H,4H2,1-2H3;4-5H,3H2,1-2H3,(H,7,8,9);1-2H3. The van der Waals surface area contributed by atoms with Gasteiger partial charge in [0.15, 0.2) is 0 Å². The van der Waals surface area contributed by atoms with Crippen molar-refractivity contribution in [3.05, 3.63) is 64.5 Å². The zero-order chi connectivity index (χ0) is 22.1. The Morgan fingerprint density at radius 1 is 1.13 bits per heavy atom. The molecule has 1 aromatic carbocycles. The first-order chi connectivity index (χ1) is 14.5. The molecule has 0 radical (unpaired) electrons. The number of fused-ring (bicyclic) bond motifs is 1. The van der Waals surface area contributed by atoms with E-state index in [1.165, 1.54) is 18.0 Å². The third-order valence-corrected chi connectivity index (χ3v) is 4.51. The Bertz CT molecular complexity index is 1080. The van der Waals surface area contributed by atoms with Gasteiger partial charge in [0.2, 0.25) is 0 Å². The highest BCUT2D eigenvalue weighted by Gasteiger charge is 2.09. The van der Waals surface area contributed by atoms with Gasteiger partial charge in [0.25, 0.3) is 0 Å². The summed E-state index contributed by atoms with van der Waals surface area (Å²) in [5.41, 5.74) is 3.65. The van der Waals surface area contributed by atoms with Crippen LogP contribution < -0.4 is 10.6 Å². The largest absolute Gasteiger partial charge is 0.278 e. The van der Waals surface area contributed by atoms with Gasteiger partial charge in [0, 0.05) is 17.2 Å². The SMILES string of the molecule is CC.CC(C)Cc1ncn[nH]1.CC1=c2c(-c3ccc(F)c(C)c3)n[nH]c2=CCC=C1. The zero-order valence-corrected chi connectivity index (χ0v) is 18.8. The van der Waals surface area contributed by atoms with Crippen LogP contribution >= 0.6 is 0 Å². The van der Waals surface area contributed by atoms with E-state index in [2.05, 4.69) is 64.4 Å². The highest BCUT2D eigenvalue weighted by atomic mass is 19.1. The predicted octanol–water partition coefficient (Wildman–Crippen LogP) is 4.46. The molecule has 1 aliphatic carbocycles. The lowest BCUT2D eigenvalue weighted by atomic mass is 10.1. The molecule has 2 aromatic heterocycles. The second kappa shape index (κ2) is 11.2. The van der Waals surface area contributed by atoms with Crippen LogP contribution in [0.1, 0.15) is 52.4 Å². The Hall–Kier alpha value is -3.02. The Balaban J connectivity index is 0.000000245. The summed E-state index contributed by atoms with van der Waals surface area (Å²) in [7, 11) is 0. The van der Waals surface area contributed by atoms with Crippen molar-refractivity contribution in [1.29, 1.82) is 0 Å². The molecule has 0 fully saturated rings. The Labute approximate surface area is 177 Å². The molecule has 5 nitrogen and oxygen atoms in total. The lowest BCUT2D eigenvalue weighted by Gasteiger charge is -2.01. The van der Waals surface area contributed by atoms with Gasteiger partial charge in [-0.15, -0.1) is 0 Å². The molecule has 1 aliphatic rings. The van der Waals surface area contributed by atoms with E-state index in [0.29, 0.717) is 11.5 Å². The fourth-order valence-corrected chi connectivity index (χ4v) is 3.13. The minimum atomic E-state index is -0.183. The van der Waals surface area contributed by atoms with Crippen molar-refractivity contribution in [3.63, 3.8) is 0 Å². The van der Waals surface area contributed by atoms with E-state index >= 15 is 0 Å². The van der Waals surface area contributed by atoms with Crippen LogP contribution in [-0.2, 0) is 6.42 Å². The normalized spacial score (nSPS) is 12.2. The van der Waals surface area contributed by atoms with Crippen LogP contribution in [0.5, 0.6) is 0 Å². The van der Waals surface area contributed by atoms with E-state index in [1.54, 1.807) is 13.0 Å². The van der Waals surface area contributed by atoms with Crippen LogP contribution in [0.25, 0.3) is 22.9 Å². The minimum Gasteiger partial charge on any atom is -0.278 e. The number of aryl methyl sites for hydroxylation is 1. The molecule has 0 saturated heterocycles. The van der Waals surface area contributed by atoms with Gasteiger partial charge in [0.1, 0.15) is 23.7 Å². The van der Waals surface area contributed by atoms with Crippen molar-refractivity contribution in [2.45, 2.75) is 54.4 Å². The first-order valence-electron chi connectivity index (χ1n) is 10.5. The van der Waals surface area contributed by atoms with Gasteiger partial charge < -0.3 is 0 Å². The average molecular weight is 410 g/mol. The van der Waals surface area contributed by atoms with Crippen molar-refractivity contribution in [1.82, 2.24) is 25.4 Å². The third kappa shape index (κ3) is 5.99. The number of hydrogen-bond donors (Lipinski definition) is 2. The summed E-state index contributed by atoms with van der Waals surface area (Å²) < 4.78 is 13.4. The topological polar surface area (TPSA) is 70.2 Å². The first-order valence-corrected chi connectivity index (χ1v) is 10.5. The van der Waals surface area contributed by atoms with Crippen molar-refractivity contribution in [2.75, 3.05) is 0 Å². The Morgan fingerprint density at radius 2 is 1.90 bits per heavy atom. The average Bonchev–Trinajstić information content (AvgIpc) is 3.35. The summed E-state index contributed by atoms with van der Waals surface area (Å²) in [6.07, 6.45) is 9.78. The van der Waals surface area contributed by atoms with Crippen molar-refractivity contribution in [2.24, 2.45) is 5.92 Å². The number of nitrogens with zero attached hydrogens (tertiary/aromatic N) is 3. The van der Waals surface area contributed by atoms with E-state index in [4.69, 9.17) is 0 Å². The van der Waals surface area contributed by atoms with Crippen molar-refractivity contribution < 1.29 is 4.39 Å². The highest BCUT2D eigenvalue weighted by Crippen LogP contribution is 2.17. The van der Waals surface area contributed by atoms with Crippen molar-refractivity contribution >= 4 is 11.6 Å². The molecule has 160 valence electrons. The molecule has 0 atom stereocenters. The number of hydrogen-bond acceptors (Lipinski definition) is 3. The molecule has 3 aromatic rings. The minimum absolute atomic E-state index is 0.183. The van der Waals surface area contributed by atoms with Gasteiger partial charge in [-0.25, -0.2) is 9.37 Å². The number of halogens is 1. The lowest BCUT2D eigenvalue weighted by molar-refractivity contribution is 0.618. The number of H-pyrrole nitrogens is 2. The predicted molar refractivity (Wildman–Crippen MR) is 122 cm³/mol. The molecule has 0 spiro atoms. The van der Waals surface area contributed by atoms with Crippen LogP contribution in [0.4, 0.5) is 4.39 Å². The summed E-state index contributed by atoms with van der Waals surface area (Å²) in [5.74, 6) is 1.44. The fraction of sp³-hybridized carbons (Fsp3) is 0.375. The molecular weight excluding hydrogens is 377 g/mol.